The molecule has 0 saturated carbocycles. The van der Waals surface area contributed by atoms with E-state index in [4.69, 9.17) is 14.2 Å². The zero-order chi connectivity index (χ0) is 17.4. The van der Waals surface area contributed by atoms with Crippen molar-refractivity contribution in [2.75, 3.05) is 13.7 Å². The van der Waals surface area contributed by atoms with E-state index in [1.165, 1.54) is 0 Å². The summed E-state index contributed by atoms with van der Waals surface area (Å²) in [5, 5.41) is 0. The van der Waals surface area contributed by atoms with Crippen LogP contribution in [0, 0.1) is 6.92 Å². The van der Waals surface area contributed by atoms with E-state index in [1.54, 1.807) is 19.2 Å². The van der Waals surface area contributed by atoms with Crippen LogP contribution >= 0.6 is 0 Å². The Morgan fingerprint density at radius 1 is 1.04 bits per heavy atom. The second-order valence-corrected chi connectivity index (χ2v) is 5.64. The van der Waals surface area contributed by atoms with Crippen molar-refractivity contribution in [3.63, 3.8) is 0 Å². The normalized spacial score (nSPS) is 10.3. The third-order valence-corrected chi connectivity index (χ3v) is 3.64. The molecule has 0 unspecified atom stereocenters. The standard InChI is InChI=1S/C20H24O4/c1-4-5-6-11-23-20-18(22-3)12-16(14-21)13-19(20)24-17-9-7-15(2)8-10-17/h7-10,12-14H,4-6,11H2,1-3H3. The van der Waals surface area contributed by atoms with Crippen molar-refractivity contribution in [2.24, 2.45) is 0 Å². The van der Waals surface area contributed by atoms with Gasteiger partial charge in [0.05, 0.1) is 13.7 Å². The van der Waals surface area contributed by atoms with Gasteiger partial charge in [-0.05, 0) is 37.6 Å². The molecule has 128 valence electrons. The van der Waals surface area contributed by atoms with Crippen LogP contribution in [0.5, 0.6) is 23.0 Å². The molecule has 24 heavy (non-hydrogen) atoms. The number of hydrogen-bond donors (Lipinski definition) is 0. The smallest absolute Gasteiger partial charge is 0.204 e. The van der Waals surface area contributed by atoms with Gasteiger partial charge in [0.2, 0.25) is 5.75 Å². The minimum absolute atomic E-state index is 0.481. The molecule has 0 bridgehead atoms. The molecule has 0 radical (unpaired) electrons. The summed E-state index contributed by atoms with van der Waals surface area (Å²) < 4.78 is 17.2. The molecule has 4 heteroatoms. The van der Waals surface area contributed by atoms with Crippen LogP contribution in [-0.2, 0) is 0 Å². The highest BCUT2D eigenvalue weighted by molar-refractivity contribution is 5.78. The summed E-state index contributed by atoms with van der Waals surface area (Å²) in [6.45, 7) is 4.74. The number of benzene rings is 2. The number of carbonyl (C=O) groups excluding carboxylic acids is 1. The van der Waals surface area contributed by atoms with Crippen molar-refractivity contribution in [1.29, 1.82) is 0 Å². The number of rotatable bonds is 9. The highest BCUT2D eigenvalue weighted by atomic mass is 16.5. The number of aldehydes is 1. The molecule has 0 aliphatic carbocycles. The molecule has 4 nitrogen and oxygen atoms in total. The summed E-state index contributed by atoms with van der Waals surface area (Å²) in [5.74, 6) is 2.19. The molecule has 0 N–H and O–H groups in total. The predicted octanol–water partition coefficient (Wildman–Crippen LogP) is 5.18. The van der Waals surface area contributed by atoms with E-state index in [2.05, 4.69) is 6.92 Å². The molecule has 2 aromatic carbocycles. The lowest BCUT2D eigenvalue weighted by atomic mass is 10.2. The molecule has 0 fully saturated rings. The fourth-order valence-corrected chi connectivity index (χ4v) is 2.29. The first-order valence-electron chi connectivity index (χ1n) is 8.22. The molecular formula is C20H24O4. The Labute approximate surface area is 143 Å². The summed E-state index contributed by atoms with van der Waals surface area (Å²) in [6, 6.07) is 11.0. The van der Waals surface area contributed by atoms with Crippen molar-refractivity contribution in [2.45, 2.75) is 33.1 Å². The summed E-state index contributed by atoms with van der Waals surface area (Å²) in [7, 11) is 1.55. The molecule has 0 heterocycles. The van der Waals surface area contributed by atoms with Crippen molar-refractivity contribution < 1.29 is 19.0 Å². The zero-order valence-electron chi connectivity index (χ0n) is 14.5. The van der Waals surface area contributed by atoms with Gasteiger partial charge >= 0.3 is 0 Å². The van der Waals surface area contributed by atoms with Gasteiger partial charge in [-0.3, -0.25) is 4.79 Å². The maximum absolute atomic E-state index is 11.2. The molecule has 0 atom stereocenters. The maximum Gasteiger partial charge on any atom is 0.204 e. The topological polar surface area (TPSA) is 44.8 Å². The molecule has 0 aliphatic heterocycles. The number of unbranched alkanes of at least 4 members (excludes halogenated alkanes) is 2. The monoisotopic (exact) mass is 328 g/mol. The minimum Gasteiger partial charge on any atom is -0.493 e. The van der Waals surface area contributed by atoms with Gasteiger partial charge in [0.15, 0.2) is 11.5 Å². The predicted molar refractivity (Wildman–Crippen MR) is 94.7 cm³/mol. The minimum atomic E-state index is 0.481. The third-order valence-electron chi connectivity index (χ3n) is 3.64. The second kappa shape index (κ2) is 8.96. The summed E-state index contributed by atoms with van der Waals surface area (Å²) in [5.41, 5.74) is 1.63. The van der Waals surface area contributed by atoms with Crippen LogP contribution in [0.1, 0.15) is 42.1 Å². The van der Waals surface area contributed by atoms with Gasteiger partial charge in [-0.1, -0.05) is 37.5 Å². The van der Waals surface area contributed by atoms with Crippen LogP contribution in [0.25, 0.3) is 0 Å². The fraction of sp³-hybridized carbons (Fsp3) is 0.350. The van der Waals surface area contributed by atoms with E-state index >= 15 is 0 Å². The lowest BCUT2D eigenvalue weighted by molar-refractivity contribution is 0.112. The van der Waals surface area contributed by atoms with Crippen LogP contribution < -0.4 is 14.2 Å². The van der Waals surface area contributed by atoms with Gasteiger partial charge in [-0.15, -0.1) is 0 Å². The molecule has 0 amide bonds. The Morgan fingerprint density at radius 3 is 2.38 bits per heavy atom. The Hall–Kier alpha value is -2.49. The van der Waals surface area contributed by atoms with Gasteiger partial charge in [0.1, 0.15) is 12.0 Å². The SMILES string of the molecule is CCCCCOc1c(OC)cc(C=O)cc1Oc1ccc(C)cc1. The molecule has 2 rings (SSSR count). The summed E-state index contributed by atoms with van der Waals surface area (Å²) in [6.07, 6.45) is 3.95. The van der Waals surface area contributed by atoms with Crippen LogP contribution in [0.2, 0.25) is 0 Å². The van der Waals surface area contributed by atoms with Gasteiger partial charge in [0, 0.05) is 5.56 Å². The molecule has 2 aromatic rings. The number of ether oxygens (including phenoxy) is 3. The lowest BCUT2D eigenvalue weighted by Crippen LogP contribution is -2.02. The highest BCUT2D eigenvalue weighted by Crippen LogP contribution is 2.40. The number of carbonyl (C=O) groups is 1. The Balaban J connectivity index is 2.30. The van der Waals surface area contributed by atoms with E-state index in [1.807, 2.05) is 31.2 Å². The Bertz CT molecular complexity index is 662. The Kier molecular flexibility index (Phi) is 6.67. The number of methoxy groups -OCH3 is 1. The van der Waals surface area contributed by atoms with E-state index in [0.29, 0.717) is 35.2 Å². The number of hydrogen-bond acceptors (Lipinski definition) is 4. The first-order valence-corrected chi connectivity index (χ1v) is 8.22. The van der Waals surface area contributed by atoms with Gasteiger partial charge in [-0.25, -0.2) is 0 Å². The van der Waals surface area contributed by atoms with E-state index in [0.717, 1.165) is 31.1 Å². The zero-order valence-corrected chi connectivity index (χ0v) is 14.5. The lowest BCUT2D eigenvalue weighted by Gasteiger charge is -2.16. The first-order chi connectivity index (χ1) is 11.7. The summed E-state index contributed by atoms with van der Waals surface area (Å²) in [4.78, 5) is 11.2. The maximum atomic E-state index is 11.2. The van der Waals surface area contributed by atoms with Crippen LogP contribution in [0.3, 0.4) is 0 Å². The molecule has 0 aliphatic rings. The third kappa shape index (κ3) is 4.75. The number of aryl methyl sites for hydroxylation is 1. The van der Waals surface area contributed by atoms with E-state index in [-0.39, 0.29) is 0 Å². The van der Waals surface area contributed by atoms with E-state index < -0.39 is 0 Å². The largest absolute Gasteiger partial charge is 0.493 e. The van der Waals surface area contributed by atoms with E-state index in [9.17, 15) is 4.79 Å². The molecular weight excluding hydrogens is 304 g/mol. The van der Waals surface area contributed by atoms with Crippen molar-refractivity contribution in [3.05, 3.63) is 47.5 Å². The van der Waals surface area contributed by atoms with Crippen molar-refractivity contribution in [1.82, 2.24) is 0 Å². The first kappa shape index (κ1) is 17.9. The quantitative estimate of drug-likeness (QED) is 0.470. The van der Waals surface area contributed by atoms with Crippen LogP contribution in [-0.4, -0.2) is 20.0 Å². The molecule has 0 saturated heterocycles. The average Bonchev–Trinajstić information content (AvgIpc) is 2.61. The molecule has 0 spiro atoms. The average molecular weight is 328 g/mol. The van der Waals surface area contributed by atoms with Crippen molar-refractivity contribution in [3.8, 4) is 23.0 Å². The fourth-order valence-electron chi connectivity index (χ4n) is 2.29. The van der Waals surface area contributed by atoms with Crippen LogP contribution in [0.4, 0.5) is 0 Å². The molecule has 0 aromatic heterocycles. The van der Waals surface area contributed by atoms with Crippen molar-refractivity contribution >= 4 is 6.29 Å². The van der Waals surface area contributed by atoms with Crippen LogP contribution in [0.15, 0.2) is 36.4 Å². The van der Waals surface area contributed by atoms with Gasteiger partial charge in [-0.2, -0.15) is 0 Å². The second-order valence-electron chi connectivity index (χ2n) is 5.64. The van der Waals surface area contributed by atoms with Gasteiger partial charge < -0.3 is 14.2 Å². The Morgan fingerprint density at radius 2 is 1.75 bits per heavy atom. The van der Waals surface area contributed by atoms with Gasteiger partial charge in [0.25, 0.3) is 0 Å². The highest BCUT2D eigenvalue weighted by Gasteiger charge is 2.15. The summed E-state index contributed by atoms with van der Waals surface area (Å²) >= 11 is 0.